The maximum Gasteiger partial charge on any atom is 0.0452 e. The first-order chi connectivity index (χ1) is 6.30. The number of hydrogen-bond acceptors (Lipinski definition) is 1. The number of aryl methyl sites for hydroxylation is 1. The molecule has 1 aromatic carbocycles. The first-order valence-electron chi connectivity index (χ1n) is 4.84. The van der Waals surface area contributed by atoms with Crippen LogP contribution in [0.2, 0.25) is 5.02 Å². The van der Waals surface area contributed by atoms with Crippen LogP contribution in [0.15, 0.2) is 18.2 Å². The smallest absolute Gasteiger partial charge is 0.0452 e. The highest BCUT2D eigenvalue weighted by Crippen LogP contribution is 2.43. The molecule has 0 bridgehead atoms. The first kappa shape index (κ1) is 7.84. The average molecular weight is 194 g/mol. The Hall–Kier alpha value is -0.530. The summed E-state index contributed by atoms with van der Waals surface area (Å²) >= 11 is 5.96. The zero-order valence-corrected chi connectivity index (χ0v) is 8.19. The summed E-state index contributed by atoms with van der Waals surface area (Å²) in [6, 6.07) is 6.32. The summed E-state index contributed by atoms with van der Waals surface area (Å²) in [5.41, 5.74) is 3.27. The second kappa shape index (κ2) is 2.49. The molecule has 13 heavy (non-hydrogen) atoms. The topological polar surface area (TPSA) is 12.0 Å². The van der Waals surface area contributed by atoms with Crippen molar-refractivity contribution in [3.8, 4) is 0 Å². The van der Waals surface area contributed by atoms with Gasteiger partial charge in [-0.05, 0) is 49.1 Å². The molecule has 1 saturated heterocycles. The SMILES string of the molecule is Clc1ccc2c(c1)CCC21CCN1. The number of benzene rings is 1. The minimum Gasteiger partial charge on any atom is -0.307 e. The molecule has 1 aromatic rings. The maximum absolute atomic E-state index is 5.96. The van der Waals surface area contributed by atoms with Crippen LogP contribution in [0.1, 0.15) is 24.0 Å². The molecular formula is C11H12ClN. The molecule has 2 heteroatoms. The quantitative estimate of drug-likeness (QED) is 0.668. The summed E-state index contributed by atoms with van der Waals surface area (Å²) < 4.78 is 0. The second-order valence-corrected chi connectivity index (χ2v) is 4.50. The zero-order chi connectivity index (χ0) is 8.89. The van der Waals surface area contributed by atoms with Crippen molar-refractivity contribution in [2.24, 2.45) is 0 Å². The molecule has 1 spiro atoms. The van der Waals surface area contributed by atoms with Crippen molar-refractivity contribution in [1.29, 1.82) is 0 Å². The Bertz CT molecular complexity index is 355. The van der Waals surface area contributed by atoms with E-state index in [-0.39, 0.29) is 0 Å². The average Bonchev–Trinajstić information content (AvgIpc) is 2.41. The van der Waals surface area contributed by atoms with Gasteiger partial charge >= 0.3 is 0 Å². The molecule has 1 unspecified atom stereocenters. The third-order valence-electron chi connectivity index (χ3n) is 3.42. The Kier molecular flexibility index (Phi) is 1.50. The van der Waals surface area contributed by atoms with Gasteiger partial charge in [0.05, 0.1) is 0 Å². The van der Waals surface area contributed by atoms with Crippen molar-refractivity contribution < 1.29 is 0 Å². The van der Waals surface area contributed by atoms with E-state index in [2.05, 4.69) is 17.4 Å². The highest BCUT2D eigenvalue weighted by atomic mass is 35.5. The molecular weight excluding hydrogens is 182 g/mol. The van der Waals surface area contributed by atoms with Gasteiger partial charge < -0.3 is 5.32 Å². The third-order valence-corrected chi connectivity index (χ3v) is 3.65. The van der Waals surface area contributed by atoms with Crippen LogP contribution in [-0.2, 0) is 12.0 Å². The van der Waals surface area contributed by atoms with Crippen molar-refractivity contribution >= 4 is 11.6 Å². The van der Waals surface area contributed by atoms with Crippen molar-refractivity contribution in [2.75, 3.05) is 6.54 Å². The summed E-state index contributed by atoms with van der Waals surface area (Å²) in [6.45, 7) is 1.17. The van der Waals surface area contributed by atoms with Gasteiger partial charge in [-0.2, -0.15) is 0 Å². The fraction of sp³-hybridized carbons (Fsp3) is 0.455. The molecule has 1 N–H and O–H groups in total. The molecule has 68 valence electrons. The lowest BCUT2D eigenvalue weighted by Gasteiger charge is -2.41. The molecule has 1 nitrogen and oxygen atoms in total. The van der Waals surface area contributed by atoms with Gasteiger partial charge in [0.25, 0.3) is 0 Å². The van der Waals surface area contributed by atoms with Crippen molar-refractivity contribution in [2.45, 2.75) is 24.8 Å². The van der Waals surface area contributed by atoms with Gasteiger partial charge in [-0.1, -0.05) is 17.7 Å². The number of hydrogen-bond donors (Lipinski definition) is 1. The van der Waals surface area contributed by atoms with Crippen LogP contribution < -0.4 is 5.32 Å². The van der Waals surface area contributed by atoms with Crippen LogP contribution in [0.4, 0.5) is 0 Å². The fourth-order valence-corrected chi connectivity index (χ4v) is 2.78. The van der Waals surface area contributed by atoms with E-state index in [1.54, 1.807) is 0 Å². The number of fused-ring (bicyclic) bond motifs is 2. The molecule has 1 aliphatic heterocycles. The predicted molar refractivity (Wildman–Crippen MR) is 54.1 cm³/mol. The minimum absolute atomic E-state index is 0.333. The van der Waals surface area contributed by atoms with E-state index in [9.17, 15) is 0 Å². The molecule has 1 aliphatic carbocycles. The van der Waals surface area contributed by atoms with Gasteiger partial charge in [-0.25, -0.2) is 0 Å². The van der Waals surface area contributed by atoms with E-state index < -0.39 is 0 Å². The Morgan fingerprint density at radius 2 is 2.15 bits per heavy atom. The molecule has 1 fully saturated rings. The van der Waals surface area contributed by atoms with E-state index >= 15 is 0 Å². The van der Waals surface area contributed by atoms with Gasteiger partial charge in [0, 0.05) is 10.6 Å². The highest BCUT2D eigenvalue weighted by Gasteiger charge is 2.42. The normalized spacial score (nSPS) is 30.2. The summed E-state index contributed by atoms with van der Waals surface area (Å²) in [5, 5.41) is 4.42. The molecule has 0 aromatic heterocycles. The van der Waals surface area contributed by atoms with Crippen molar-refractivity contribution in [3.63, 3.8) is 0 Å². The number of nitrogens with one attached hydrogen (secondary N) is 1. The van der Waals surface area contributed by atoms with E-state index in [1.807, 2.05) is 6.07 Å². The van der Waals surface area contributed by atoms with E-state index in [0.29, 0.717) is 5.54 Å². The Morgan fingerprint density at radius 3 is 2.85 bits per heavy atom. The summed E-state index contributed by atoms with van der Waals surface area (Å²) in [5.74, 6) is 0. The summed E-state index contributed by atoms with van der Waals surface area (Å²) in [6.07, 6.45) is 3.73. The zero-order valence-electron chi connectivity index (χ0n) is 7.44. The standard InChI is InChI=1S/C11H12ClN/c12-9-1-2-10-8(7-9)3-4-11(10)5-6-13-11/h1-2,7,13H,3-6H2. The van der Waals surface area contributed by atoms with Gasteiger partial charge in [0.2, 0.25) is 0 Å². The third kappa shape index (κ3) is 0.976. The summed E-state index contributed by atoms with van der Waals surface area (Å²) in [4.78, 5) is 0. The van der Waals surface area contributed by atoms with Crippen LogP contribution in [-0.4, -0.2) is 6.54 Å². The molecule has 0 amide bonds. The highest BCUT2D eigenvalue weighted by molar-refractivity contribution is 6.30. The van der Waals surface area contributed by atoms with Crippen molar-refractivity contribution in [1.82, 2.24) is 5.32 Å². The predicted octanol–water partition coefficient (Wildman–Crippen LogP) is 2.47. The molecule has 3 rings (SSSR count). The van der Waals surface area contributed by atoms with E-state index in [0.717, 1.165) is 5.02 Å². The maximum atomic E-state index is 5.96. The lowest BCUT2D eigenvalue weighted by atomic mass is 9.82. The molecule has 2 aliphatic rings. The Labute approximate surface area is 83.1 Å². The lowest BCUT2D eigenvalue weighted by molar-refractivity contribution is 0.210. The minimum atomic E-state index is 0.333. The monoisotopic (exact) mass is 193 g/mol. The molecule has 1 heterocycles. The van der Waals surface area contributed by atoms with Crippen LogP contribution in [0, 0.1) is 0 Å². The van der Waals surface area contributed by atoms with Crippen LogP contribution in [0.25, 0.3) is 0 Å². The molecule has 1 atom stereocenters. The van der Waals surface area contributed by atoms with Crippen LogP contribution in [0.5, 0.6) is 0 Å². The Morgan fingerprint density at radius 1 is 1.31 bits per heavy atom. The van der Waals surface area contributed by atoms with Gasteiger partial charge in [0.1, 0.15) is 0 Å². The molecule has 0 saturated carbocycles. The summed E-state index contributed by atoms with van der Waals surface area (Å²) in [7, 11) is 0. The largest absolute Gasteiger partial charge is 0.307 e. The molecule has 0 radical (unpaired) electrons. The fourth-order valence-electron chi connectivity index (χ4n) is 2.59. The van der Waals surface area contributed by atoms with Gasteiger partial charge in [-0.15, -0.1) is 0 Å². The lowest BCUT2D eigenvalue weighted by Crippen LogP contribution is -2.52. The van der Waals surface area contributed by atoms with Crippen LogP contribution >= 0.6 is 11.6 Å². The number of halogens is 1. The van der Waals surface area contributed by atoms with E-state index in [4.69, 9.17) is 11.6 Å². The first-order valence-corrected chi connectivity index (χ1v) is 5.22. The Balaban J connectivity index is 2.11. The van der Waals surface area contributed by atoms with Gasteiger partial charge in [-0.3, -0.25) is 0 Å². The van der Waals surface area contributed by atoms with Crippen LogP contribution in [0.3, 0.4) is 0 Å². The second-order valence-electron chi connectivity index (χ2n) is 4.06. The van der Waals surface area contributed by atoms with E-state index in [1.165, 1.54) is 36.9 Å². The van der Waals surface area contributed by atoms with Crippen molar-refractivity contribution in [3.05, 3.63) is 34.3 Å². The number of rotatable bonds is 0. The van der Waals surface area contributed by atoms with Gasteiger partial charge in [0.15, 0.2) is 0 Å².